The lowest BCUT2D eigenvalue weighted by Crippen LogP contribution is -2.14. The first-order chi connectivity index (χ1) is 24.0. The molecule has 0 N–H and O–H groups in total. The van der Waals surface area contributed by atoms with E-state index in [-0.39, 0.29) is 17.6 Å². The van der Waals surface area contributed by atoms with Gasteiger partial charge in [-0.25, -0.2) is 13.6 Å². The van der Waals surface area contributed by atoms with Crippen LogP contribution in [0.4, 0.5) is 8.78 Å². The van der Waals surface area contributed by atoms with Gasteiger partial charge in [-0.2, -0.15) is 0 Å². The quantitative estimate of drug-likeness (QED) is 0.168. The van der Waals surface area contributed by atoms with Gasteiger partial charge in [0, 0.05) is 60.4 Å². The second-order valence-corrected chi connectivity index (χ2v) is 12.4. The molecule has 8 heteroatoms. The summed E-state index contributed by atoms with van der Waals surface area (Å²) in [6.45, 7) is 4.01. The van der Waals surface area contributed by atoms with Crippen molar-refractivity contribution in [2.24, 2.45) is 0 Å². The molecule has 0 unspecified atom stereocenters. The van der Waals surface area contributed by atoms with Gasteiger partial charge in [-0.05, 0) is 147 Å². The molecule has 2 aliphatic rings. The van der Waals surface area contributed by atoms with Gasteiger partial charge in [-0.1, -0.05) is 0 Å². The Bertz CT molecular complexity index is 2050. The number of benzene rings is 2. The van der Waals surface area contributed by atoms with Crippen molar-refractivity contribution in [3.63, 3.8) is 0 Å². The molecule has 0 aliphatic carbocycles. The second kappa shape index (κ2) is 14.4. The first-order valence-electron chi connectivity index (χ1n) is 17.0. The summed E-state index contributed by atoms with van der Waals surface area (Å²) in [4.78, 5) is 21.1. The Hall–Kier alpha value is -5.37. The van der Waals surface area contributed by atoms with E-state index in [9.17, 15) is 13.6 Å². The molecule has 248 valence electrons. The number of rotatable bonds is 6. The van der Waals surface area contributed by atoms with Gasteiger partial charge in [0.25, 0.3) is 0 Å². The monoisotopic (exact) mass is 656 g/mol. The molecule has 8 rings (SSSR count). The van der Waals surface area contributed by atoms with E-state index in [1.807, 2.05) is 55.7 Å². The van der Waals surface area contributed by atoms with Crippen LogP contribution < -0.4 is 0 Å². The number of aryl methyl sites for hydroxylation is 1. The molecule has 6 aromatic rings. The summed E-state index contributed by atoms with van der Waals surface area (Å²) in [5.74, 6) is -0.775. The molecular formula is C41H38F2N4O2. The average Bonchev–Trinajstić information content (AvgIpc) is 3.71. The van der Waals surface area contributed by atoms with Gasteiger partial charge < -0.3 is 13.9 Å². The summed E-state index contributed by atoms with van der Waals surface area (Å²) in [5.41, 5.74) is 11.2. The third kappa shape index (κ3) is 6.55. The summed E-state index contributed by atoms with van der Waals surface area (Å²) in [7, 11) is 0. The van der Waals surface area contributed by atoms with Gasteiger partial charge in [0.2, 0.25) is 0 Å². The van der Waals surface area contributed by atoms with Crippen molar-refractivity contribution in [1.82, 2.24) is 19.1 Å². The third-order valence-electron chi connectivity index (χ3n) is 9.34. The first kappa shape index (κ1) is 32.2. The number of carbonyl (C=O) groups excluding carboxylic acids is 1. The number of hydrogen-bond acceptors (Lipinski definition) is 4. The van der Waals surface area contributed by atoms with Gasteiger partial charge in [0.05, 0.1) is 23.6 Å². The largest absolute Gasteiger partial charge is 0.462 e. The van der Waals surface area contributed by atoms with E-state index in [2.05, 4.69) is 25.2 Å². The fraction of sp³-hybridized carbons (Fsp3) is 0.244. The van der Waals surface area contributed by atoms with E-state index in [1.165, 1.54) is 54.1 Å². The smallest absolute Gasteiger partial charge is 0.340 e. The molecule has 0 atom stereocenters. The van der Waals surface area contributed by atoms with Crippen LogP contribution in [0.25, 0.3) is 44.8 Å². The summed E-state index contributed by atoms with van der Waals surface area (Å²) < 4.78 is 36.8. The number of hydrogen-bond donors (Lipinski definition) is 0. The van der Waals surface area contributed by atoms with Crippen molar-refractivity contribution >= 4 is 5.97 Å². The average molecular weight is 657 g/mol. The maximum atomic E-state index is 13.5. The maximum Gasteiger partial charge on any atom is 0.340 e. The van der Waals surface area contributed by atoms with Crippen LogP contribution in [-0.2, 0) is 30.7 Å². The normalized spacial score (nSPS) is 13.5. The van der Waals surface area contributed by atoms with Crippen molar-refractivity contribution in [2.75, 3.05) is 6.61 Å². The van der Waals surface area contributed by atoms with Crippen molar-refractivity contribution in [2.45, 2.75) is 58.5 Å². The van der Waals surface area contributed by atoms with Crippen molar-refractivity contribution in [3.8, 4) is 44.8 Å². The van der Waals surface area contributed by atoms with Crippen LogP contribution in [-0.4, -0.2) is 31.7 Å². The molecule has 49 heavy (non-hydrogen) atoms. The standard InChI is InChI=1S/C22H21FN2O2.C19H17FN2/c1-2-27-22(26)20-18-5-3-4-14-25(18)21(16-6-8-17(23)9-7-16)19(20)15-10-12-24-13-11-15;20-16-6-4-15(5-7-16)19-18(14-8-10-21-11-9-14)13-17-3-1-2-12-22(17)19/h6-13H,2-5,14H2,1H3;4-11,13H,1-3,12H2. The fourth-order valence-corrected chi connectivity index (χ4v) is 7.18. The highest BCUT2D eigenvalue weighted by Gasteiger charge is 2.31. The summed E-state index contributed by atoms with van der Waals surface area (Å²) >= 11 is 0. The van der Waals surface area contributed by atoms with Crippen LogP contribution >= 0.6 is 0 Å². The maximum absolute atomic E-state index is 13.5. The zero-order valence-electron chi connectivity index (χ0n) is 27.5. The number of pyridine rings is 2. The minimum absolute atomic E-state index is 0.195. The van der Waals surface area contributed by atoms with Crippen LogP contribution in [0, 0.1) is 11.6 Å². The number of carbonyl (C=O) groups is 1. The van der Waals surface area contributed by atoms with Gasteiger partial charge in [-0.15, -0.1) is 0 Å². The number of halogens is 2. The highest BCUT2D eigenvalue weighted by atomic mass is 19.1. The van der Waals surface area contributed by atoms with E-state index in [4.69, 9.17) is 4.74 Å². The molecule has 0 saturated carbocycles. The van der Waals surface area contributed by atoms with Crippen molar-refractivity contribution in [1.29, 1.82) is 0 Å². The Balaban J connectivity index is 0.000000157. The summed E-state index contributed by atoms with van der Waals surface area (Å²) in [6, 6.07) is 23.4. The van der Waals surface area contributed by atoms with Crippen LogP contribution in [0.1, 0.15) is 54.4 Å². The number of nitrogens with zero attached hydrogens (tertiary/aromatic N) is 4. The molecule has 0 amide bonds. The highest BCUT2D eigenvalue weighted by molar-refractivity contribution is 6.03. The van der Waals surface area contributed by atoms with E-state index in [1.54, 1.807) is 24.5 Å². The molecule has 0 bridgehead atoms. The van der Waals surface area contributed by atoms with E-state index in [0.717, 1.165) is 78.0 Å². The van der Waals surface area contributed by atoms with Crippen LogP contribution in [0.15, 0.2) is 104 Å². The lowest BCUT2D eigenvalue weighted by atomic mass is 9.97. The molecule has 0 radical (unpaired) electrons. The zero-order valence-corrected chi connectivity index (χ0v) is 27.5. The number of aromatic nitrogens is 4. The molecular weight excluding hydrogens is 618 g/mol. The molecule has 4 aromatic heterocycles. The van der Waals surface area contributed by atoms with Gasteiger partial charge in [0.15, 0.2) is 0 Å². The minimum Gasteiger partial charge on any atom is -0.462 e. The molecule has 2 aromatic carbocycles. The molecule has 6 heterocycles. The number of fused-ring (bicyclic) bond motifs is 2. The Labute approximate surface area is 285 Å². The Morgan fingerprint density at radius 3 is 1.84 bits per heavy atom. The molecule has 0 fully saturated rings. The van der Waals surface area contributed by atoms with Crippen molar-refractivity contribution < 1.29 is 18.3 Å². The predicted molar refractivity (Wildman–Crippen MR) is 188 cm³/mol. The van der Waals surface area contributed by atoms with Crippen molar-refractivity contribution in [3.05, 3.63) is 132 Å². The Kier molecular flexibility index (Phi) is 9.46. The van der Waals surface area contributed by atoms with Crippen LogP contribution in [0.5, 0.6) is 0 Å². The fourth-order valence-electron chi connectivity index (χ4n) is 7.18. The van der Waals surface area contributed by atoms with Gasteiger partial charge in [-0.3, -0.25) is 9.97 Å². The molecule has 0 spiro atoms. The number of ether oxygens (including phenoxy) is 1. The molecule has 6 nitrogen and oxygen atoms in total. The summed E-state index contributed by atoms with van der Waals surface area (Å²) in [6.07, 6.45) is 13.5. The molecule has 0 saturated heterocycles. The lowest BCUT2D eigenvalue weighted by Gasteiger charge is -2.19. The van der Waals surface area contributed by atoms with Gasteiger partial charge in [0.1, 0.15) is 11.6 Å². The zero-order chi connectivity index (χ0) is 33.7. The Morgan fingerprint density at radius 2 is 1.22 bits per heavy atom. The number of esters is 1. The van der Waals surface area contributed by atoms with Crippen LogP contribution in [0.2, 0.25) is 0 Å². The summed E-state index contributed by atoms with van der Waals surface area (Å²) in [5, 5.41) is 0. The lowest BCUT2D eigenvalue weighted by molar-refractivity contribution is 0.0525. The predicted octanol–water partition coefficient (Wildman–Crippen LogP) is 9.56. The van der Waals surface area contributed by atoms with Crippen LogP contribution in [0.3, 0.4) is 0 Å². The topological polar surface area (TPSA) is 61.9 Å². The third-order valence-corrected chi connectivity index (χ3v) is 9.34. The first-order valence-corrected chi connectivity index (χ1v) is 17.0. The Morgan fingerprint density at radius 1 is 0.673 bits per heavy atom. The van der Waals surface area contributed by atoms with E-state index in [0.29, 0.717) is 12.2 Å². The minimum atomic E-state index is -0.302. The van der Waals surface area contributed by atoms with Gasteiger partial charge >= 0.3 is 5.97 Å². The van der Waals surface area contributed by atoms with E-state index >= 15 is 0 Å². The second-order valence-electron chi connectivity index (χ2n) is 12.4. The highest BCUT2D eigenvalue weighted by Crippen LogP contribution is 2.42. The SMILES string of the molecule is CCOC(=O)c1c(-c2ccncc2)c(-c2ccc(F)cc2)n2c1CCCC2.Fc1ccc(-c2c(-c3ccncc3)cc3n2CCCC3)cc1. The van der Waals surface area contributed by atoms with E-state index < -0.39 is 0 Å². The molecule has 2 aliphatic heterocycles.